The van der Waals surface area contributed by atoms with Crippen LogP contribution in [-0.4, -0.2) is 41.5 Å². The lowest BCUT2D eigenvalue weighted by Gasteiger charge is -2.43. The van der Waals surface area contributed by atoms with Crippen LogP contribution >= 0.6 is 0 Å². The van der Waals surface area contributed by atoms with Gasteiger partial charge in [-0.25, -0.2) is 8.78 Å². The average Bonchev–Trinajstić information content (AvgIpc) is 2.89. The van der Waals surface area contributed by atoms with Crippen LogP contribution in [0.5, 0.6) is 0 Å². The van der Waals surface area contributed by atoms with Crippen LogP contribution in [0.15, 0.2) is 18.2 Å². The minimum atomic E-state index is -0.763. The lowest BCUT2D eigenvalue weighted by Crippen LogP contribution is -2.55. The third-order valence-corrected chi connectivity index (χ3v) is 4.75. The molecule has 1 aromatic rings. The predicted octanol–water partition coefficient (Wildman–Crippen LogP) is 3.02. The smallest absolute Gasteiger partial charge is 0.159 e. The molecule has 0 amide bonds. The van der Waals surface area contributed by atoms with Crippen LogP contribution in [0, 0.1) is 11.6 Å². The molecule has 0 saturated carbocycles. The molecule has 20 heavy (non-hydrogen) atoms. The Morgan fingerprint density at radius 3 is 2.80 bits per heavy atom. The quantitative estimate of drug-likeness (QED) is 0.840. The highest BCUT2D eigenvalue weighted by molar-refractivity contribution is 5.18. The largest absolute Gasteiger partial charge is 0.298 e. The maximum absolute atomic E-state index is 13.3. The molecule has 0 spiro atoms. The summed E-state index contributed by atoms with van der Waals surface area (Å²) in [6.07, 6.45) is 3.66. The Bertz CT molecular complexity index is 478. The number of halogens is 2. The van der Waals surface area contributed by atoms with Crippen molar-refractivity contribution in [2.45, 2.75) is 44.8 Å². The standard InChI is InChI=1S/C16H22F2N2/c1-2-13-10-19-7-3-4-14(19)11-20(13)9-12-5-6-15(17)16(18)8-12/h5-6,8,13-14H,2-4,7,9-11H2,1H3. The Labute approximate surface area is 119 Å². The first-order valence-corrected chi connectivity index (χ1v) is 7.59. The summed E-state index contributed by atoms with van der Waals surface area (Å²) in [5.74, 6) is -1.50. The third kappa shape index (κ3) is 2.72. The Morgan fingerprint density at radius 1 is 1.20 bits per heavy atom. The van der Waals surface area contributed by atoms with Gasteiger partial charge in [0.15, 0.2) is 11.6 Å². The van der Waals surface area contributed by atoms with E-state index in [0.717, 1.165) is 31.6 Å². The number of rotatable bonds is 3. The normalized spacial score (nSPS) is 27.8. The van der Waals surface area contributed by atoms with Crippen LogP contribution in [0.1, 0.15) is 31.7 Å². The first kappa shape index (κ1) is 14.0. The summed E-state index contributed by atoms with van der Waals surface area (Å²) in [6.45, 7) is 6.32. The fourth-order valence-electron chi connectivity index (χ4n) is 3.60. The fourth-order valence-corrected chi connectivity index (χ4v) is 3.60. The van der Waals surface area contributed by atoms with Crippen LogP contribution in [0.4, 0.5) is 8.78 Å². The summed E-state index contributed by atoms with van der Waals surface area (Å²) < 4.78 is 26.3. The van der Waals surface area contributed by atoms with Gasteiger partial charge < -0.3 is 0 Å². The van der Waals surface area contributed by atoms with Gasteiger partial charge in [-0.2, -0.15) is 0 Å². The molecule has 0 radical (unpaired) electrons. The second-order valence-electron chi connectivity index (χ2n) is 6.03. The van der Waals surface area contributed by atoms with Gasteiger partial charge in [-0.05, 0) is 43.5 Å². The summed E-state index contributed by atoms with van der Waals surface area (Å²) in [5, 5.41) is 0. The van der Waals surface area contributed by atoms with E-state index in [2.05, 4.69) is 16.7 Å². The molecule has 1 aromatic carbocycles. The van der Waals surface area contributed by atoms with Crippen LogP contribution in [0.3, 0.4) is 0 Å². The zero-order valence-electron chi connectivity index (χ0n) is 12.0. The number of piperazine rings is 1. The molecular weight excluding hydrogens is 258 g/mol. The van der Waals surface area contributed by atoms with Crippen molar-refractivity contribution < 1.29 is 8.78 Å². The summed E-state index contributed by atoms with van der Waals surface area (Å²) in [6, 6.07) is 5.45. The summed E-state index contributed by atoms with van der Waals surface area (Å²) in [7, 11) is 0. The molecule has 4 heteroatoms. The molecule has 2 aliphatic rings. The fraction of sp³-hybridized carbons (Fsp3) is 0.625. The molecule has 2 fully saturated rings. The van der Waals surface area contributed by atoms with Gasteiger partial charge in [-0.3, -0.25) is 9.80 Å². The first-order chi connectivity index (χ1) is 9.67. The van der Waals surface area contributed by atoms with Crippen molar-refractivity contribution in [3.63, 3.8) is 0 Å². The maximum atomic E-state index is 13.3. The van der Waals surface area contributed by atoms with Crippen molar-refractivity contribution in [3.05, 3.63) is 35.4 Å². The topological polar surface area (TPSA) is 6.48 Å². The number of nitrogens with zero attached hydrogens (tertiary/aromatic N) is 2. The number of fused-ring (bicyclic) bond motifs is 1. The Kier molecular flexibility index (Phi) is 4.03. The maximum Gasteiger partial charge on any atom is 0.159 e. The SMILES string of the molecule is CCC1CN2CCCC2CN1Cc1ccc(F)c(F)c1. The minimum absolute atomic E-state index is 0.525. The number of benzene rings is 1. The molecule has 0 N–H and O–H groups in total. The molecule has 3 rings (SSSR count). The van der Waals surface area contributed by atoms with Gasteiger partial charge in [0.1, 0.15) is 0 Å². The average molecular weight is 280 g/mol. The van der Waals surface area contributed by atoms with E-state index in [4.69, 9.17) is 0 Å². The van der Waals surface area contributed by atoms with Crippen LogP contribution < -0.4 is 0 Å². The van der Waals surface area contributed by atoms with E-state index >= 15 is 0 Å². The molecule has 0 aliphatic carbocycles. The van der Waals surface area contributed by atoms with Crippen molar-refractivity contribution >= 4 is 0 Å². The molecule has 2 nitrogen and oxygen atoms in total. The highest BCUT2D eigenvalue weighted by Gasteiger charge is 2.35. The minimum Gasteiger partial charge on any atom is -0.298 e. The third-order valence-electron chi connectivity index (χ3n) is 4.75. The van der Waals surface area contributed by atoms with Gasteiger partial charge in [0.05, 0.1) is 0 Å². The van der Waals surface area contributed by atoms with E-state index in [1.807, 2.05) is 0 Å². The van der Waals surface area contributed by atoms with E-state index in [1.165, 1.54) is 31.5 Å². The van der Waals surface area contributed by atoms with E-state index in [9.17, 15) is 8.78 Å². The van der Waals surface area contributed by atoms with E-state index < -0.39 is 11.6 Å². The molecular formula is C16H22F2N2. The van der Waals surface area contributed by atoms with E-state index in [-0.39, 0.29) is 0 Å². The second kappa shape index (κ2) is 5.78. The first-order valence-electron chi connectivity index (χ1n) is 7.59. The van der Waals surface area contributed by atoms with E-state index in [1.54, 1.807) is 6.07 Å². The Hall–Kier alpha value is -1.00. The summed E-state index contributed by atoms with van der Waals surface area (Å²) in [5.41, 5.74) is 0.869. The molecule has 2 unspecified atom stereocenters. The Morgan fingerprint density at radius 2 is 2.05 bits per heavy atom. The number of hydrogen-bond donors (Lipinski definition) is 0. The highest BCUT2D eigenvalue weighted by atomic mass is 19.2. The second-order valence-corrected chi connectivity index (χ2v) is 6.03. The van der Waals surface area contributed by atoms with Crippen LogP contribution in [-0.2, 0) is 6.54 Å². The van der Waals surface area contributed by atoms with Gasteiger partial charge in [0.2, 0.25) is 0 Å². The zero-order chi connectivity index (χ0) is 14.1. The molecule has 110 valence electrons. The number of hydrogen-bond acceptors (Lipinski definition) is 2. The van der Waals surface area contributed by atoms with Crippen molar-refractivity contribution in [2.75, 3.05) is 19.6 Å². The highest BCUT2D eigenvalue weighted by Crippen LogP contribution is 2.27. The van der Waals surface area contributed by atoms with Gasteiger partial charge >= 0.3 is 0 Å². The predicted molar refractivity (Wildman–Crippen MR) is 75.4 cm³/mol. The molecule has 2 saturated heterocycles. The Balaban J connectivity index is 1.72. The summed E-state index contributed by atoms with van der Waals surface area (Å²) in [4.78, 5) is 5.04. The molecule has 2 aliphatic heterocycles. The molecule has 0 aromatic heterocycles. The van der Waals surface area contributed by atoms with Crippen molar-refractivity contribution in [2.24, 2.45) is 0 Å². The van der Waals surface area contributed by atoms with Crippen LogP contribution in [0.25, 0.3) is 0 Å². The molecule has 2 heterocycles. The van der Waals surface area contributed by atoms with Crippen molar-refractivity contribution in [3.8, 4) is 0 Å². The van der Waals surface area contributed by atoms with Gasteiger partial charge in [0.25, 0.3) is 0 Å². The molecule has 2 atom stereocenters. The zero-order valence-corrected chi connectivity index (χ0v) is 12.0. The van der Waals surface area contributed by atoms with Crippen molar-refractivity contribution in [1.29, 1.82) is 0 Å². The van der Waals surface area contributed by atoms with Crippen LogP contribution in [0.2, 0.25) is 0 Å². The van der Waals surface area contributed by atoms with Gasteiger partial charge in [0, 0.05) is 31.7 Å². The lowest BCUT2D eigenvalue weighted by molar-refractivity contribution is 0.0436. The van der Waals surface area contributed by atoms with E-state index in [0.29, 0.717) is 12.1 Å². The molecule has 0 bridgehead atoms. The lowest BCUT2D eigenvalue weighted by atomic mass is 10.0. The van der Waals surface area contributed by atoms with Gasteiger partial charge in [-0.1, -0.05) is 13.0 Å². The monoisotopic (exact) mass is 280 g/mol. The summed E-state index contributed by atoms with van der Waals surface area (Å²) >= 11 is 0. The van der Waals surface area contributed by atoms with Crippen molar-refractivity contribution in [1.82, 2.24) is 9.80 Å². The van der Waals surface area contributed by atoms with Gasteiger partial charge in [-0.15, -0.1) is 0 Å².